The van der Waals surface area contributed by atoms with Crippen LogP contribution in [-0.4, -0.2) is 18.6 Å². The van der Waals surface area contributed by atoms with Gasteiger partial charge >= 0.3 is 0 Å². The van der Waals surface area contributed by atoms with Crippen LogP contribution in [0.5, 0.6) is 11.5 Å². The molecule has 0 fully saturated rings. The molecule has 2 aliphatic rings. The summed E-state index contributed by atoms with van der Waals surface area (Å²) in [6.45, 7) is 5.14. The maximum Gasteiger partial charge on any atom is 0.220 e. The smallest absolute Gasteiger partial charge is 0.220 e. The number of hydrogen-bond donors (Lipinski definition) is 1. The normalized spacial score (nSPS) is 21.8. The Hall–Kier alpha value is -1.97. The Balaban J connectivity index is 1.65. The van der Waals surface area contributed by atoms with Crippen molar-refractivity contribution in [3.8, 4) is 11.5 Å². The second-order valence-electron chi connectivity index (χ2n) is 6.38. The molecular formula is C19H25NO3. The second-order valence-corrected chi connectivity index (χ2v) is 6.38. The monoisotopic (exact) mass is 315 g/mol. The van der Waals surface area contributed by atoms with Gasteiger partial charge in [-0.25, -0.2) is 0 Å². The first-order valence-corrected chi connectivity index (χ1v) is 8.54. The van der Waals surface area contributed by atoms with E-state index in [1.807, 2.05) is 13.0 Å². The van der Waals surface area contributed by atoms with E-state index in [4.69, 9.17) is 9.47 Å². The zero-order valence-corrected chi connectivity index (χ0v) is 13.9. The highest BCUT2D eigenvalue weighted by atomic mass is 16.5. The van der Waals surface area contributed by atoms with Crippen molar-refractivity contribution in [3.05, 3.63) is 35.4 Å². The van der Waals surface area contributed by atoms with Gasteiger partial charge < -0.3 is 14.8 Å². The van der Waals surface area contributed by atoms with Gasteiger partial charge in [0.05, 0.1) is 6.61 Å². The van der Waals surface area contributed by atoms with E-state index >= 15 is 0 Å². The molecule has 1 aliphatic heterocycles. The summed E-state index contributed by atoms with van der Waals surface area (Å²) < 4.78 is 11.6. The van der Waals surface area contributed by atoms with Crippen molar-refractivity contribution in [1.29, 1.82) is 0 Å². The molecule has 4 nitrogen and oxygen atoms in total. The van der Waals surface area contributed by atoms with E-state index in [2.05, 4.69) is 30.5 Å². The third kappa shape index (κ3) is 3.87. The Morgan fingerprint density at radius 1 is 1.43 bits per heavy atom. The van der Waals surface area contributed by atoms with Crippen LogP contribution in [0, 0.1) is 5.92 Å². The molecule has 0 spiro atoms. The number of fused-ring (bicyclic) bond motifs is 1. The first-order valence-electron chi connectivity index (χ1n) is 8.54. The van der Waals surface area contributed by atoms with E-state index in [0.29, 0.717) is 25.5 Å². The lowest BCUT2D eigenvalue weighted by molar-refractivity contribution is -0.121. The number of allylic oxidation sites excluding steroid dienone is 2. The summed E-state index contributed by atoms with van der Waals surface area (Å²) in [6, 6.07) is 4.07. The highest BCUT2D eigenvalue weighted by molar-refractivity contribution is 5.76. The number of carbonyl (C=O) groups is 1. The molecule has 1 aromatic carbocycles. The van der Waals surface area contributed by atoms with Crippen LogP contribution in [0.15, 0.2) is 24.3 Å². The van der Waals surface area contributed by atoms with Crippen LogP contribution >= 0.6 is 0 Å². The molecule has 0 radical (unpaired) electrons. The van der Waals surface area contributed by atoms with Crippen molar-refractivity contribution in [1.82, 2.24) is 5.32 Å². The lowest BCUT2D eigenvalue weighted by Gasteiger charge is -2.14. The Bertz CT molecular complexity index is 609. The molecule has 3 rings (SSSR count). The number of nitrogens with one attached hydrogen (secondary N) is 1. The molecule has 0 saturated carbocycles. The maximum atomic E-state index is 12.1. The van der Waals surface area contributed by atoms with Gasteiger partial charge in [-0.15, -0.1) is 0 Å². The minimum atomic E-state index is 0.0961. The number of ether oxygens (including phenoxy) is 2. The fourth-order valence-electron chi connectivity index (χ4n) is 3.28. The van der Waals surface area contributed by atoms with E-state index in [-0.39, 0.29) is 12.0 Å². The summed E-state index contributed by atoms with van der Waals surface area (Å²) in [5.74, 6) is 2.26. The van der Waals surface area contributed by atoms with Crippen molar-refractivity contribution < 1.29 is 14.3 Å². The Labute approximate surface area is 137 Å². The largest absolute Gasteiger partial charge is 0.494 e. The Morgan fingerprint density at radius 2 is 2.30 bits per heavy atom. The Kier molecular flexibility index (Phi) is 4.89. The van der Waals surface area contributed by atoms with Gasteiger partial charge in [-0.2, -0.15) is 0 Å². The molecule has 124 valence electrons. The summed E-state index contributed by atoms with van der Waals surface area (Å²) in [7, 11) is 0. The standard InChI is InChI=1S/C19H25NO3/c1-3-22-17-10-15-8-13(2)23-18(15)11-16(17)12-20-19(21)9-14-6-4-5-7-14/h4,6,10-11,13-14H,3,5,7-9,12H2,1-2H3,(H,20,21)/t13-,14+/m1/s1. The van der Waals surface area contributed by atoms with Gasteiger partial charge in [0, 0.05) is 30.5 Å². The van der Waals surface area contributed by atoms with Crippen LogP contribution in [0.25, 0.3) is 0 Å². The average molecular weight is 315 g/mol. The maximum absolute atomic E-state index is 12.1. The molecule has 1 aliphatic carbocycles. The topological polar surface area (TPSA) is 47.6 Å². The quantitative estimate of drug-likeness (QED) is 0.819. The molecule has 1 amide bonds. The van der Waals surface area contributed by atoms with Gasteiger partial charge in [0.25, 0.3) is 0 Å². The van der Waals surface area contributed by atoms with Gasteiger partial charge in [0.1, 0.15) is 17.6 Å². The van der Waals surface area contributed by atoms with Crippen molar-refractivity contribution in [3.63, 3.8) is 0 Å². The summed E-state index contributed by atoms with van der Waals surface area (Å²) in [5.41, 5.74) is 2.17. The zero-order valence-electron chi connectivity index (χ0n) is 13.9. The first-order chi connectivity index (χ1) is 11.2. The van der Waals surface area contributed by atoms with Crippen LogP contribution in [0.3, 0.4) is 0 Å². The first kappa shape index (κ1) is 15.9. The molecule has 2 atom stereocenters. The summed E-state index contributed by atoms with van der Waals surface area (Å²) >= 11 is 0. The third-order valence-electron chi connectivity index (χ3n) is 4.41. The van der Waals surface area contributed by atoms with Gasteiger partial charge in [0.2, 0.25) is 5.91 Å². The van der Waals surface area contributed by atoms with E-state index < -0.39 is 0 Å². The van der Waals surface area contributed by atoms with Crippen LogP contribution in [-0.2, 0) is 17.8 Å². The number of carbonyl (C=O) groups excluding carboxylic acids is 1. The van der Waals surface area contributed by atoms with Crippen LogP contribution < -0.4 is 14.8 Å². The summed E-state index contributed by atoms with van der Waals surface area (Å²) in [5, 5.41) is 3.02. The second kappa shape index (κ2) is 7.07. The molecular weight excluding hydrogens is 290 g/mol. The molecule has 1 aromatic rings. The van der Waals surface area contributed by atoms with E-state index in [0.717, 1.165) is 36.3 Å². The number of benzene rings is 1. The Morgan fingerprint density at radius 3 is 3.04 bits per heavy atom. The lowest BCUT2D eigenvalue weighted by Crippen LogP contribution is -2.24. The van der Waals surface area contributed by atoms with Crippen LogP contribution in [0.4, 0.5) is 0 Å². The van der Waals surface area contributed by atoms with E-state index in [1.165, 1.54) is 5.56 Å². The minimum Gasteiger partial charge on any atom is -0.494 e. The van der Waals surface area contributed by atoms with Crippen molar-refractivity contribution in [2.75, 3.05) is 6.61 Å². The van der Waals surface area contributed by atoms with Crippen LogP contribution in [0.1, 0.15) is 44.2 Å². The summed E-state index contributed by atoms with van der Waals surface area (Å²) in [6.07, 6.45) is 8.17. The van der Waals surface area contributed by atoms with Crippen molar-refractivity contribution in [2.45, 2.75) is 52.2 Å². The van der Waals surface area contributed by atoms with Crippen molar-refractivity contribution >= 4 is 5.91 Å². The number of hydrogen-bond acceptors (Lipinski definition) is 3. The highest BCUT2D eigenvalue weighted by Crippen LogP contribution is 2.35. The minimum absolute atomic E-state index is 0.0961. The fourth-order valence-corrected chi connectivity index (χ4v) is 3.28. The third-order valence-corrected chi connectivity index (χ3v) is 4.41. The molecule has 1 heterocycles. The molecule has 0 saturated heterocycles. The van der Waals surface area contributed by atoms with Crippen LogP contribution in [0.2, 0.25) is 0 Å². The predicted octanol–water partition coefficient (Wildman–Crippen LogP) is 3.38. The fraction of sp³-hybridized carbons (Fsp3) is 0.526. The molecule has 1 N–H and O–H groups in total. The SMILES string of the molecule is CCOc1cc2c(cc1CNC(=O)C[C@H]1C=CCC1)O[C@H](C)C2. The molecule has 4 heteroatoms. The predicted molar refractivity (Wildman–Crippen MR) is 89.7 cm³/mol. The highest BCUT2D eigenvalue weighted by Gasteiger charge is 2.22. The van der Waals surface area contributed by atoms with Gasteiger partial charge in [-0.05, 0) is 44.7 Å². The zero-order chi connectivity index (χ0) is 16.2. The molecule has 0 bridgehead atoms. The van der Waals surface area contributed by atoms with E-state index in [9.17, 15) is 4.79 Å². The van der Waals surface area contributed by atoms with Gasteiger partial charge in [-0.1, -0.05) is 12.2 Å². The van der Waals surface area contributed by atoms with E-state index in [1.54, 1.807) is 0 Å². The molecule has 0 unspecified atom stereocenters. The van der Waals surface area contributed by atoms with Gasteiger partial charge in [0.15, 0.2) is 0 Å². The molecule has 0 aromatic heterocycles. The summed E-state index contributed by atoms with van der Waals surface area (Å²) in [4.78, 5) is 12.1. The van der Waals surface area contributed by atoms with Crippen molar-refractivity contribution in [2.24, 2.45) is 5.92 Å². The number of amides is 1. The number of rotatable bonds is 6. The van der Waals surface area contributed by atoms with Gasteiger partial charge in [-0.3, -0.25) is 4.79 Å². The molecule has 23 heavy (non-hydrogen) atoms. The average Bonchev–Trinajstić information content (AvgIpc) is 3.13. The lowest BCUT2D eigenvalue weighted by atomic mass is 10.0.